The molecule has 94 valence electrons. The molecule has 17 heavy (non-hydrogen) atoms. The highest BCUT2D eigenvalue weighted by Gasteiger charge is 2.27. The normalized spacial score (nSPS) is 24.6. The first kappa shape index (κ1) is 12.5. The van der Waals surface area contributed by atoms with E-state index in [4.69, 9.17) is 5.73 Å². The highest BCUT2D eigenvalue weighted by atomic mass is 32.1. The number of aromatic nitrogens is 1. The molecular weight excluding hydrogens is 234 g/mol. The van der Waals surface area contributed by atoms with Crippen molar-refractivity contribution in [2.45, 2.75) is 38.3 Å². The summed E-state index contributed by atoms with van der Waals surface area (Å²) in [5.41, 5.74) is 5.92. The number of amides is 1. The number of hydrogen-bond donors (Lipinski definition) is 1. The zero-order valence-corrected chi connectivity index (χ0v) is 10.9. The van der Waals surface area contributed by atoms with Crippen molar-refractivity contribution in [3.8, 4) is 0 Å². The van der Waals surface area contributed by atoms with Crippen molar-refractivity contribution in [1.82, 2.24) is 9.88 Å². The predicted octanol–water partition coefficient (Wildman–Crippen LogP) is 1.62. The lowest BCUT2D eigenvalue weighted by Gasteiger charge is -2.29. The summed E-state index contributed by atoms with van der Waals surface area (Å²) in [7, 11) is 1.85. The molecule has 1 saturated carbocycles. The second-order valence-electron chi connectivity index (χ2n) is 4.74. The third-order valence-electron chi connectivity index (χ3n) is 3.30. The molecule has 2 unspecified atom stereocenters. The smallest absolute Gasteiger partial charge is 0.225 e. The van der Waals surface area contributed by atoms with Gasteiger partial charge in [0.2, 0.25) is 5.91 Å². The first-order valence-electron chi connectivity index (χ1n) is 6.05. The molecule has 1 aliphatic carbocycles. The van der Waals surface area contributed by atoms with Gasteiger partial charge in [0.05, 0.1) is 6.54 Å². The van der Waals surface area contributed by atoms with Crippen LogP contribution >= 0.6 is 11.3 Å². The minimum atomic E-state index is 0.115. The van der Waals surface area contributed by atoms with Gasteiger partial charge in [-0.05, 0) is 19.3 Å². The average Bonchev–Trinajstić information content (AvgIpc) is 2.80. The van der Waals surface area contributed by atoms with Crippen molar-refractivity contribution < 1.29 is 4.79 Å². The van der Waals surface area contributed by atoms with Gasteiger partial charge in [-0.25, -0.2) is 4.98 Å². The molecule has 2 atom stereocenters. The van der Waals surface area contributed by atoms with Crippen molar-refractivity contribution in [3.63, 3.8) is 0 Å². The average molecular weight is 253 g/mol. The molecule has 4 nitrogen and oxygen atoms in total. The van der Waals surface area contributed by atoms with Gasteiger partial charge in [0.25, 0.3) is 0 Å². The molecule has 1 amide bonds. The molecule has 0 bridgehead atoms. The number of hydrogen-bond acceptors (Lipinski definition) is 4. The van der Waals surface area contributed by atoms with E-state index in [0.29, 0.717) is 6.54 Å². The van der Waals surface area contributed by atoms with E-state index in [2.05, 4.69) is 4.98 Å². The Kier molecular flexibility index (Phi) is 4.12. The largest absolute Gasteiger partial charge is 0.339 e. The van der Waals surface area contributed by atoms with Gasteiger partial charge in [-0.15, -0.1) is 11.3 Å². The molecule has 0 spiro atoms. The third-order valence-corrected chi connectivity index (χ3v) is 4.06. The molecule has 2 rings (SSSR count). The van der Waals surface area contributed by atoms with Crippen LogP contribution in [0.25, 0.3) is 0 Å². The van der Waals surface area contributed by atoms with E-state index >= 15 is 0 Å². The van der Waals surface area contributed by atoms with Crippen LogP contribution in [-0.2, 0) is 11.3 Å². The summed E-state index contributed by atoms with van der Waals surface area (Å²) in [5, 5.41) is 2.92. The first-order valence-corrected chi connectivity index (χ1v) is 6.93. The number of carbonyl (C=O) groups is 1. The molecule has 1 heterocycles. The summed E-state index contributed by atoms with van der Waals surface area (Å²) in [6.07, 6.45) is 5.72. The molecule has 1 fully saturated rings. The molecule has 0 aromatic carbocycles. The maximum Gasteiger partial charge on any atom is 0.225 e. The lowest BCUT2D eigenvalue weighted by atomic mass is 9.85. The van der Waals surface area contributed by atoms with Gasteiger partial charge >= 0.3 is 0 Å². The number of rotatable bonds is 3. The van der Waals surface area contributed by atoms with E-state index in [1.54, 1.807) is 22.4 Å². The summed E-state index contributed by atoms with van der Waals surface area (Å²) in [5.74, 6) is 0.332. The van der Waals surface area contributed by atoms with Gasteiger partial charge in [-0.3, -0.25) is 4.79 Å². The number of thiazole rings is 1. The van der Waals surface area contributed by atoms with Gasteiger partial charge in [-0.2, -0.15) is 0 Å². The summed E-state index contributed by atoms with van der Waals surface area (Å²) in [4.78, 5) is 18.2. The fraction of sp³-hybridized carbons (Fsp3) is 0.667. The van der Waals surface area contributed by atoms with Crippen LogP contribution in [0.1, 0.15) is 30.7 Å². The standard InChI is InChI=1S/C12H19N3OS/c1-15(8-11-14-5-6-17-11)12(16)9-3-2-4-10(13)7-9/h5-6,9-10H,2-4,7-8,13H2,1H3. The van der Waals surface area contributed by atoms with Gasteiger partial charge in [-0.1, -0.05) is 6.42 Å². The SMILES string of the molecule is CN(Cc1nccs1)C(=O)C1CCCC(N)C1. The maximum atomic E-state index is 12.2. The number of nitrogens with two attached hydrogens (primary N) is 1. The summed E-state index contributed by atoms with van der Waals surface area (Å²) in [6.45, 7) is 0.613. The van der Waals surface area contributed by atoms with Crippen LogP contribution in [0.2, 0.25) is 0 Å². The van der Waals surface area contributed by atoms with E-state index in [1.807, 2.05) is 12.4 Å². The summed E-state index contributed by atoms with van der Waals surface area (Å²) in [6, 6.07) is 0.200. The molecule has 2 N–H and O–H groups in total. The summed E-state index contributed by atoms with van der Waals surface area (Å²) >= 11 is 1.59. The van der Waals surface area contributed by atoms with Crippen LogP contribution in [0.15, 0.2) is 11.6 Å². The number of carbonyl (C=O) groups excluding carboxylic acids is 1. The van der Waals surface area contributed by atoms with Crippen LogP contribution in [-0.4, -0.2) is 28.9 Å². The molecule has 0 saturated heterocycles. The minimum Gasteiger partial charge on any atom is -0.339 e. The Bertz CT molecular complexity index is 366. The topological polar surface area (TPSA) is 59.2 Å². The zero-order valence-electron chi connectivity index (χ0n) is 10.1. The molecule has 0 aliphatic heterocycles. The second-order valence-corrected chi connectivity index (χ2v) is 5.72. The molecule has 0 radical (unpaired) electrons. The van der Waals surface area contributed by atoms with Crippen molar-refractivity contribution in [2.75, 3.05) is 7.05 Å². The van der Waals surface area contributed by atoms with Crippen molar-refractivity contribution in [1.29, 1.82) is 0 Å². The Labute approximate surface area is 106 Å². The van der Waals surface area contributed by atoms with Gasteiger partial charge < -0.3 is 10.6 Å². The minimum absolute atomic E-state index is 0.115. The Hall–Kier alpha value is -0.940. The lowest BCUT2D eigenvalue weighted by molar-refractivity contribution is -0.135. The lowest BCUT2D eigenvalue weighted by Crippen LogP contribution is -2.38. The Morgan fingerprint density at radius 3 is 3.12 bits per heavy atom. The van der Waals surface area contributed by atoms with Gasteiger partial charge in [0.15, 0.2) is 0 Å². The fourth-order valence-corrected chi connectivity index (χ4v) is 3.04. The van der Waals surface area contributed by atoms with Crippen molar-refractivity contribution in [3.05, 3.63) is 16.6 Å². The fourth-order valence-electron chi connectivity index (χ4n) is 2.38. The maximum absolute atomic E-state index is 12.2. The van der Waals surface area contributed by atoms with Crippen molar-refractivity contribution in [2.24, 2.45) is 11.7 Å². The quantitative estimate of drug-likeness (QED) is 0.890. The van der Waals surface area contributed by atoms with Crippen LogP contribution in [0.5, 0.6) is 0 Å². The van der Waals surface area contributed by atoms with Gasteiger partial charge in [0, 0.05) is 30.6 Å². The Morgan fingerprint density at radius 1 is 1.65 bits per heavy atom. The predicted molar refractivity (Wildman–Crippen MR) is 68.5 cm³/mol. The first-order chi connectivity index (χ1) is 8.16. The molecule has 5 heteroatoms. The van der Waals surface area contributed by atoms with Crippen LogP contribution in [0, 0.1) is 5.92 Å². The monoisotopic (exact) mass is 253 g/mol. The third kappa shape index (κ3) is 3.26. The molecular formula is C12H19N3OS. The Balaban J connectivity index is 1.90. The van der Waals surface area contributed by atoms with E-state index in [-0.39, 0.29) is 17.9 Å². The van der Waals surface area contributed by atoms with Crippen molar-refractivity contribution >= 4 is 17.2 Å². The van der Waals surface area contributed by atoms with Crippen LogP contribution < -0.4 is 5.73 Å². The van der Waals surface area contributed by atoms with E-state index < -0.39 is 0 Å². The molecule has 1 aromatic heterocycles. The van der Waals surface area contributed by atoms with Gasteiger partial charge in [0.1, 0.15) is 5.01 Å². The molecule has 1 aliphatic rings. The summed E-state index contributed by atoms with van der Waals surface area (Å²) < 4.78 is 0. The second kappa shape index (κ2) is 5.60. The highest BCUT2D eigenvalue weighted by molar-refractivity contribution is 7.09. The van der Waals surface area contributed by atoms with Crippen LogP contribution in [0.3, 0.4) is 0 Å². The van der Waals surface area contributed by atoms with Crippen LogP contribution in [0.4, 0.5) is 0 Å². The zero-order chi connectivity index (χ0) is 12.3. The van der Waals surface area contributed by atoms with E-state index in [1.165, 1.54) is 0 Å². The highest BCUT2D eigenvalue weighted by Crippen LogP contribution is 2.25. The van der Waals surface area contributed by atoms with E-state index in [0.717, 1.165) is 30.7 Å². The van der Waals surface area contributed by atoms with E-state index in [9.17, 15) is 4.79 Å². The molecule has 1 aromatic rings. The Morgan fingerprint density at radius 2 is 2.47 bits per heavy atom. The number of nitrogens with zero attached hydrogens (tertiary/aromatic N) is 2.